The summed E-state index contributed by atoms with van der Waals surface area (Å²) in [5.74, 6) is -0.258. The lowest BCUT2D eigenvalue weighted by atomic mass is 9.76. The van der Waals surface area contributed by atoms with Crippen LogP contribution in [0.5, 0.6) is 0 Å². The van der Waals surface area contributed by atoms with Gasteiger partial charge in [-0.2, -0.15) is 0 Å². The molecule has 1 aromatic heterocycles. The van der Waals surface area contributed by atoms with Crippen LogP contribution in [0.25, 0.3) is 10.9 Å². The monoisotopic (exact) mass is 469 g/mol. The summed E-state index contributed by atoms with van der Waals surface area (Å²) in [7, 11) is 0. The topological polar surface area (TPSA) is 56.4 Å². The van der Waals surface area contributed by atoms with E-state index in [1.165, 1.54) is 0 Å². The minimum absolute atomic E-state index is 0.0561. The van der Waals surface area contributed by atoms with E-state index in [1.54, 1.807) is 9.80 Å². The predicted molar refractivity (Wildman–Crippen MR) is 133 cm³/mol. The number of H-pyrrole nitrogens is 1. The van der Waals surface area contributed by atoms with Crippen LogP contribution in [-0.4, -0.2) is 39.7 Å². The normalized spacial score (nSPS) is 22.1. The summed E-state index contributed by atoms with van der Waals surface area (Å²) >= 11 is 6.64. The first-order valence-corrected chi connectivity index (χ1v) is 11.9. The number of carbonyl (C=O) groups is 2. The van der Waals surface area contributed by atoms with Crippen molar-refractivity contribution in [3.63, 3.8) is 0 Å². The van der Waals surface area contributed by atoms with Crippen molar-refractivity contribution in [1.29, 1.82) is 0 Å². The van der Waals surface area contributed by atoms with E-state index in [0.717, 1.165) is 33.3 Å². The smallest absolute Gasteiger partial charge is 0.255 e. The Morgan fingerprint density at radius 1 is 0.971 bits per heavy atom. The van der Waals surface area contributed by atoms with E-state index in [9.17, 15) is 9.59 Å². The standard InChI is InChI=1S/C28H24ClN3O2/c1-28-26-25(20-12-6-8-14-23(20)30-26)21(19-11-5-7-13-22(19)29)16-32(28)24(33)17-31(27(28)34)15-18-9-3-2-4-10-18/h2-14,21,30H,15-17H2,1H3/t21-,28-/m0/s1. The molecule has 0 spiro atoms. The summed E-state index contributed by atoms with van der Waals surface area (Å²) in [6.45, 7) is 2.74. The van der Waals surface area contributed by atoms with Gasteiger partial charge in [-0.15, -0.1) is 0 Å². The van der Waals surface area contributed by atoms with Crippen LogP contribution in [0, 0.1) is 0 Å². The van der Waals surface area contributed by atoms with Crippen LogP contribution in [0.4, 0.5) is 0 Å². The average molecular weight is 470 g/mol. The number of hydrogen-bond donors (Lipinski definition) is 1. The minimum Gasteiger partial charge on any atom is -0.356 e. The van der Waals surface area contributed by atoms with Gasteiger partial charge in [-0.25, -0.2) is 0 Å². The maximum atomic E-state index is 14.1. The molecule has 170 valence electrons. The Morgan fingerprint density at radius 3 is 2.47 bits per heavy atom. The van der Waals surface area contributed by atoms with Crippen molar-refractivity contribution in [3.05, 3.63) is 106 Å². The molecule has 2 atom stereocenters. The third-order valence-electron chi connectivity index (χ3n) is 7.31. The molecule has 1 fully saturated rings. The van der Waals surface area contributed by atoms with Crippen LogP contribution >= 0.6 is 11.6 Å². The van der Waals surface area contributed by atoms with E-state index in [1.807, 2.05) is 79.7 Å². The van der Waals surface area contributed by atoms with Gasteiger partial charge in [0.15, 0.2) is 5.54 Å². The van der Waals surface area contributed by atoms with Gasteiger partial charge in [-0.3, -0.25) is 9.59 Å². The van der Waals surface area contributed by atoms with E-state index in [-0.39, 0.29) is 24.3 Å². The number of piperazine rings is 1. The molecule has 4 aromatic rings. The Morgan fingerprint density at radius 2 is 1.68 bits per heavy atom. The molecule has 0 saturated carbocycles. The summed E-state index contributed by atoms with van der Waals surface area (Å²) in [6, 6.07) is 25.6. The molecule has 0 radical (unpaired) electrons. The first kappa shape index (κ1) is 21.0. The number of para-hydroxylation sites is 1. The molecule has 1 N–H and O–H groups in total. The number of amides is 2. The molecule has 6 rings (SSSR count). The number of rotatable bonds is 3. The highest BCUT2D eigenvalue weighted by Gasteiger charge is 2.56. The predicted octanol–water partition coefficient (Wildman–Crippen LogP) is 5.05. The zero-order valence-corrected chi connectivity index (χ0v) is 19.5. The summed E-state index contributed by atoms with van der Waals surface area (Å²) in [5.41, 5.74) is 3.63. The summed E-state index contributed by atoms with van der Waals surface area (Å²) in [4.78, 5) is 34.6. The summed E-state index contributed by atoms with van der Waals surface area (Å²) in [6.07, 6.45) is 0. The van der Waals surface area contributed by atoms with Crippen molar-refractivity contribution >= 4 is 34.3 Å². The Hall–Kier alpha value is -3.57. The third-order valence-corrected chi connectivity index (χ3v) is 7.66. The minimum atomic E-state index is -1.11. The van der Waals surface area contributed by atoms with Crippen molar-refractivity contribution in [2.45, 2.75) is 24.9 Å². The van der Waals surface area contributed by atoms with Gasteiger partial charge in [0, 0.05) is 34.9 Å². The van der Waals surface area contributed by atoms with E-state index in [0.29, 0.717) is 18.1 Å². The lowest BCUT2D eigenvalue weighted by molar-refractivity contribution is -0.166. The number of nitrogens with one attached hydrogen (secondary N) is 1. The van der Waals surface area contributed by atoms with E-state index < -0.39 is 5.54 Å². The molecule has 1 saturated heterocycles. The van der Waals surface area contributed by atoms with Crippen LogP contribution in [0.1, 0.15) is 35.2 Å². The molecule has 34 heavy (non-hydrogen) atoms. The fourth-order valence-electron chi connectivity index (χ4n) is 5.65. The van der Waals surface area contributed by atoms with E-state index >= 15 is 0 Å². The van der Waals surface area contributed by atoms with Crippen molar-refractivity contribution in [2.24, 2.45) is 0 Å². The average Bonchev–Trinajstić information content (AvgIpc) is 3.25. The summed E-state index contributed by atoms with van der Waals surface area (Å²) < 4.78 is 0. The van der Waals surface area contributed by atoms with Gasteiger partial charge in [-0.05, 0) is 35.7 Å². The van der Waals surface area contributed by atoms with E-state index in [4.69, 9.17) is 11.6 Å². The first-order chi connectivity index (χ1) is 16.5. The quantitative estimate of drug-likeness (QED) is 0.456. The Balaban J connectivity index is 1.53. The van der Waals surface area contributed by atoms with Gasteiger partial charge in [0.2, 0.25) is 5.91 Å². The maximum absolute atomic E-state index is 14.1. The number of fused-ring (bicyclic) bond motifs is 5. The van der Waals surface area contributed by atoms with Crippen molar-refractivity contribution in [3.8, 4) is 0 Å². The highest BCUT2D eigenvalue weighted by atomic mass is 35.5. The Labute approximate surface area is 202 Å². The van der Waals surface area contributed by atoms with Gasteiger partial charge < -0.3 is 14.8 Å². The second-order valence-electron chi connectivity index (χ2n) is 9.26. The third kappa shape index (κ3) is 3.00. The van der Waals surface area contributed by atoms with Crippen molar-refractivity contribution < 1.29 is 9.59 Å². The van der Waals surface area contributed by atoms with Gasteiger partial charge in [0.25, 0.3) is 5.91 Å². The lowest BCUT2D eigenvalue weighted by Gasteiger charge is -2.51. The largest absolute Gasteiger partial charge is 0.356 e. The van der Waals surface area contributed by atoms with Crippen molar-refractivity contribution in [2.75, 3.05) is 13.1 Å². The fraction of sp³-hybridized carbons (Fsp3) is 0.214. The summed E-state index contributed by atoms with van der Waals surface area (Å²) in [5, 5.41) is 1.72. The molecular weight excluding hydrogens is 446 g/mol. The molecule has 0 aliphatic carbocycles. The van der Waals surface area contributed by atoms with Crippen LogP contribution in [-0.2, 0) is 21.7 Å². The second-order valence-corrected chi connectivity index (χ2v) is 9.66. The number of hydrogen-bond acceptors (Lipinski definition) is 2. The number of aromatic amines is 1. The first-order valence-electron chi connectivity index (χ1n) is 11.5. The van der Waals surface area contributed by atoms with Gasteiger partial charge in [-0.1, -0.05) is 78.3 Å². The van der Waals surface area contributed by atoms with E-state index in [2.05, 4.69) is 11.1 Å². The number of halogens is 1. The lowest BCUT2D eigenvalue weighted by Crippen LogP contribution is -2.67. The molecule has 3 aromatic carbocycles. The molecular formula is C28H24ClN3O2. The second kappa shape index (κ2) is 7.74. The molecule has 6 heteroatoms. The molecule has 2 aliphatic rings. The van der Waals surface area contributed by atoms with Crippen molar-refractivity contribution in [1.82, 2.24) is 14.8 Å². The van der Waals surface area contributed by atoms with Gasteiger partial charge in [0.1, 0.15) is 6.54 Å². The molecule has 2 amide bonds. The molecule has 5 nitrogen and oxygen atoms in total. The Kier molecular flexibility index (Phi) is 4.78. The molecule has 0 unspecified atom stereocenters. The molecule has 3 heterocycles. The molecule has 2 aliphatic heterocycles. The zero-order chi connectivity index (χ0) is 23.4. The zero-order valence-electron chi connectivity index (χ0n) is 18.8. The molecule has 0 bridgehead atoms. The fourth-order valence-corrected chi connectivity index (χ4v) is 5.91. The van der Waals surface area contributed by atoms with Crippen LogP contribution < -0.4 is 0 Å². The number of benzene rings is 3. The van der Waals surface area contributed by atoms with Crippen LogP contribution in [0.15, 0.2) is 78.9 Å². The maximum Gasteiger partial charge on any atom is 0.255 e. The van der Waals surface area contributed by atoms with Gasteiger partial charge >= 0.3 is 0 Å². The van der Waals surface area contributed by atoms with Gasteiger partial charge in [0.05, 0.1) is 5.69 Å². The Bertz CT molecular complexity index is 1430. The van der Waals surface area contributed by atoms with Crippen LogP contribution in [0.2, 0.25) is 5.02 Å². The number of aromatic nitrogens is 1. The SMILES string of the molecule is C[C@]12C(=O)N(Cc3ccccc3)CC(=O)N1C[C@@H](c1ccccc1Cl)c1c2[nH]c2ccccc12. The highest BCUT2D eigenvalue weighted by Crippen LogP contribution is 2.49. The number of nitrogens with zero attached hydrogens (tertiary/aromatic N) is 2. The number of carbonyl (C=O) groups excluding carboxylic acids is 2. The highest BCUT2D eigenvalue weighted by molar-refractivity contribution is 6.31. The van der Waals surface area contributed by atoms with Crippen LogP contribution in [0.3, 0.4) is 0 Å².